The average molecular weight is 264 g/mol. The quantitative estimate of drug-likeness (QED) is 0.836. The minimum atomic E-state index is 0.635. The third-order valence-corrected chi connectivity index (χ3v) is 2.86. The van der Waals surface area contributed by atoms with Crippen molar-refractivity contribution in [1.82, 2.24) is 9.55 Å². The molecule has 0 aliphatic carbocycles. The Morgan fingerprint density at radius 2 is 2.33 bits per heavy atom. The van der Waals surface area contributed by atoms with E-state index in [1.807, 2.05) is 18.5 Å². The van der Waals surface area contributed by atoms with E-state index in [2.05, 4.69) is 38.5 Å². The molecule has 0 saturated carbocycles. The molecule has 76 valence electrons. The lowest BCUT2D eigenvalue weighted by Gasteiger charge is -2.03. The number of hydrogen-bond acceptors (Lipinski definition) is 2. The van der Waals surface area contributed by atoms with Crippen LogP contribution >= 0.6 is 15.9 Å². The topological polar surface area (TPSA) is 41.6 Å². The molecule has 0 aliphatic heterocycles. The van der Waals surface area contributed by atoms with Crippen molar-refractivity contribution in [1.29, 1.82) is 5.26 Å². The van der Waals surface area contributed by atoms with Gasteiger partial charge in [0.15, 0.2) is 0 Å². The van der Waals surface area contributed by atoms with Crippen LogP contribution in [0.4, 0.5) is 0 Å². The Morgan fingerprint density at radius 1 is 1.53 bits per heavy atom. The van der Waals surface area contributed by atoms with E-state index in [1.54, 1.807) is 0 Å². The average Bonchev–Trinajstić information content (AvgIpc) is 2.62. The van der Waals surface area contributed by atoms with Crippen LogP contribution in [0.25, 0.3) is 11.0 Å². The van der Waals surface area contributed by atoms with Crippen molar-refractivity contribution in [2.45, 2.75) is 19.9 Å². The molecule has 3 nitrogen and oxygen atoms in total. The number of aryl methyl sites for hydroxylation is 1. The van der Waals surface area contributed by atoms with Crippen molar-refractivity contribution in [3.8, 4) is 6.07 Å². The molecule has 0 aliphatic rings. The second-order valence-electron chi connectivity index (χ2n) is 3.38. The number of benzene rings is 1. The lowest BCUT2D eigenvalue weighted by molar-refractivity contribution is 0.696. The lowest BCUT2D eigenvalue weighted by atomic mass is 10.2. The number of hydrogen-bond donors (Lipinski definition) is 0. The van der Waals surface area contributed by atoms with Gasteiger partial charge in [-0.25, -0.2) is 4.98 Å². The summed E-state index contributed by atoms with van der Waals surface area (Å²) < 4.78 is 3.03. The fourth-order valence-corrected chi connectivity index (χ4v) is 2.31. The van der Waals surface area contributed by atoms with Gasteiger partial charge in [-0.2, -0.15) is 5.26 Å². The molecule has 0 unspecified atom stereocenters. The number of imidazole rings is 1. The Balaban J connectivity index is 2.67. The molecule has 0 fully saturated rings. The van der Waals surface area contributed by atoms with E-state index in [0.717, 1.165) is 28.5 Å². The summed E-state index contributed by atoms with van der Waals surface area (Å²) >= 11 is 3.48. The van der Waals surface area contributed by atoms with Crippen molar-refractivity contribution < 1.29 is 0 Å². The van der Waals surface area contributed by atoms with Gasteiger partial charge >= 0.3 is 0 Å². The Labute approximate surface area is 96.5 Å². The number of rotatable bonds is 2. The standard InChI is InChI=1S/C11H10BrN3/c1-2-3-15-7-14-10-5-8(6-13)4-9(12)11(10)15/h4-5,7H,2-3H2,1H3. The maximum absolute atomic E-state index is 8.83. The van der Waals surface area contributed by atoms with E-state index in [9.17, 15) is 0 Å². The molecule has 2 rings (SSSR count). The van der Waals surface area contributed by atoms with E-state index in [-0.39, 0.29) is 0 Å². The van der Waals surface area contributed by atoms with Gasteiger partial charge in [0.25, 0.3) is 0 Å². The Morgan fingerprint density at radius 3 is 3.00 bits per heavy atom. The third-order valence-electron chi connectivity index (χ3n) is 2.26. The Kier molecular flexibility index (Phi) is 2.74. The molecule has 0 spiro atoms. The van der Waals surface area contributed by atoms with Gasteiger partial charge in [0, 0.05) is 11.0 Å². The molecular weight excluding hydrogens is 254 g/mol. The number of nitrogens with zero attached hydrogens (tertiary/aromatic N) is 3. The molecule has 1 aromatic carbocycles. The minimum Gasteiger partial charge on any atom is -0.330 e. The van der Waals surface area contributed by atoms with Gasteiger partial charge in [0.05, 0.1) is 29.0 Å². The smallest absolute Gasteiger partial charge is 0.0992 e. The number of nitriles is 1. The zero-order valence-corrected chi connectivity index (χ0v) is 9.95. The van der Waals surface area contributed by atoms with Gasteiger partial charge in [-0.3, -0.25) is 0 Å². The molecule has 4 heteroatoms. The predicted octanol–water partition coefficient (Wildman–Crippen LogP) is 3.08. The van der Waals surface area contributed by atoms with Crippen LogP contribution in [0.15, 0.2) is 22.9 Å². The second-order valence-corrected chi connectivity index (χ2v) is 4.23. The molecule has 0 bridgehead atoms. The first-order chi connectivity index (χ1) is 7.26. The molecule has 0 atom stereocenters. The van der Waals surface area contributed by atoms with Crippen LogP contribution in [0.2, 0.25) is 0 Å². The highest BCUT2D eigenvalue weighted by Crippen LogP contribution is 2.25. The zero-order chi connectivity index (χ0) is 10.8. The van der Waals surface area contributed by atoms with Crippen LogP contribution in [0, 0.1) is 11.3 Å². The highest BCUT2D eigenvalue weighted by molar-refractivity contribution is 9.10. The summed E-state index contributed by atoms with van der Waals surface area (Å²) in [4.78, 5) is 4.29. The fraction of sp³-hybridized carbons (Fsp3) is 0.273. The van der Waals surface area contributed by atoms with Crippen LogP contribution < -0.4 is 0 Å². The summed E-state index contributed by atoms with van der Waals surface area (Å²) in [7, 11) is 0. The molecule has 0 N–H and O–H groups in total. The van der Waals surface area contributed by atoms with Crippen LogP contribution in [0.5, 0.6) is 0 Å². The lowest BCUT2D eigenvalue weighted by Crippen LogP contribution is -1.94. The van der Waals surface area contributed by atoms with Crippen molar-refractivity contribution in [2.24, 2.45) is 0 Å². The fourth-order valence-electron chi connectivity index (χ4n) is 1.63. The van der Waals surface area contributed by atoms with Gasteiger partial charge < -0.3 is 4.57 Å². The van der Waals surface area contributed by atoms with E-state index in [4.69, 9.17) is 5.26 Å². The summed E-state index contributed by atoms with van der Waals surface area (Å²) in [5.41, 5.74) is 2.57. The molecular formula is C11H10BrN3. The first-order valence-electron chi connectivity index (χ1n) is 4.80. The molecule has 2 aromatic rings. The minimum absolute atomic E-state index is 0.635. The molecule has 1 aromatic heterocycles. The van der Waals surface area contributed by atoms with E-state index >= 15 is 0 Å². The Bertz CT molecular complexity index is 536. The highest BCUT2D eigenvalue weighted by Gasteiger charge is 2.07. The maximum Gasteiger partial charge on any atom is 0.0992 e. The molecule has 0 amide bonds. The number of halogens is 1. The van der Waals surface area contributed by atoms with Crippen LogP contribution in [0.3, 0.4) is 0 Å². The van der Waals surface area contributed by atoms with Crippen molar-refractivity contribution >= 4 is 27.0 Å². The summed E-state index contributed by atoms with van der Waals surface area (Å²) in [5, 5.41) is 8.83. The summed E-state index contributed by atoms with van der Waals surface area (Å²) in [5.74, 6) is 0. The molecule has 0 saturated heterocycles. The predicted molar refractivity (Wildman–Crippen MR) is 62.4 cm³/mol. The highest BCUT2D eigenvalue weighted by atomic mass is 79.9. The summed E-state index contributed by atoms with van der Waals surface area (Å²) in [6.07, 6.45) is 2.89. The molecule has 15 heavy (non-hydrogen) atoms. The van der Waals surface area contributed by atoms with Gasteiger partial charge in [0.1, 0.15) is 0 Å². The first-order valence-corrected chi connectivity index (χ1v) is 5.60. The summed E-state index contributed by atoms with van der Waals surface area (Å²) in [6, 6.07) is 5.76. The maximum atomic E-state index is 8.83. The van der Waals surface area contributed by atoms with E-state index in [1.165, 1.54) is 0 Å². The first kappa shape index (κ1) is 10.2. The normalized spacial score (nSPS) is 10.5. The molecule has 1 heterocycles. The summed E-state index contributed by atoms with van der Waals surface area (Å²) in [6.45, 7) is 3.07. The van der Waals surface area contributed by atoms with Crippen molar-refractivity contribution in [3.63, 3.8) is 0 Å². The SMILES string of the molecule is CCCn1cnc2cc(C#N)cc(Br)c21. The van der Waals surface area contributed by atoms with Crippen LogP contribution in [-0.4, -0.2) is 9.55 Å². The van der Waals surface area contributed by atoms with Crippen LogP contribution in [0.1, 0.15) is 18.9 Å². The second kappa shape index (κ2) is 4.03. The largest absolute Gasteiger partial charge is 0.330 e. The van der Waals surface area contributed by atoms with Gasteiger partial charge in [-0.15, -0.1) is 0 Å². The number of fused-ring (bicyclic) bond motifs is 1. The Hall–Kier alpha value is -1.34. The van der Waals surface area contributed by atoms with Crippen molar-refractivity contribution in [3.05, 3.63) is 28.5 Å². The third kappa shape index (κ3) is 1.75. The van der Waals surface area contributed by atoms with Gasteiger partial charge in [-0.1, -0.05) is 6.92 Å². The van der Waals surface area contributed by atoms with E-state index in [0.29, 0.717) is 5.56 Å². The number of aromatic nitrogens is 2. The van der Waals surface area contributed by atoms with Crippen molar-refractivity contribution in [2.75, 3.05) is 0 Å². The monoisotopic (exact) mass is 263 g/mol. The molecule has 0 radical (unpaired) electrons. The van der Waals surface area contributed by atoms with Gasteiger partial charge in [-0.05, 0) is 34.5 Å². The zero-order valence-electron chi connectivity index (χ0n) is 8.37. The van der Waals surface area contributed by atoms with E-state index < -0.39 is 0 Å². The van der Waals surface area contributed by atoms with Gasteiger partial charge in [0.2, 0.25) is 0 Å². The van der Waals surface area contributed by atoms with Crippen LogP contribution in [-0.2, 0) is 6.54 Å².